The molecule has 1 N–H and O–H groups in total. The second-order valence-electron chi connectivity index (χ2n) is 3.57. The van der Waals surface area contributed by atoms with Crippen LogP contribution in [0.5, 0.6) is 0 Å². The number of aromatic nitrogens is 1. The van der Waals surface area contributed by atoms with Crippen LogP contribution in [0.2, 0.25) is 10.0 Å². The molecule has 2 aromatic rings. The standard InChI is InChI=1S/C12H12Cl2N2S/c1-2-6-15-12-16-10(7-17-12)8-4-3-5-9(13)11(8)14/h3-5,7H,2,6H2,1H3,(H,15,16). The van der Waals surface area contributed by atoms with Crippen molar-refractivity contribution in [1.29, 1.82) is 0 Å². The lowest BCUT2D eigenvalue weighted by molar-refractivity contribution is 0.976. The molecule has 0 saturated heterocycles. The Morgan fingerprint density at radius 2 is 2.18 bits per heavy atom. The summed E-state index contributed by atoms with van der Waals surface area (Å²) in [7, 11) is 0. The lowest BCUT2D eigenvalue weighted by Gasteiger charge is -2.02. The summed E-state index contributed by atoms with van der Waals surface area (Å²) < 4.78 is 0. The minimum absolute atomic E-state index is 0.556. The van der Waals surface area contributed by atoms with Crippen LogP contribution in [0.1, 0.15) is 13.3 Å². The van der Waals surface area contributed by atoms with Crippen molar-refractivity contribution in [2.75, 3.05) is 11.9 Å². The summed E-state index contributed by atoms with van der Waals surface area (Å²) in [5.74, 6) is 0. The lowest BCUT2D eigenvalue weighted by atomic mass is 10.2. The molecular formula is C12H12Cl2N2S. The van der Waals surface area contributed by atoms with Crippen molar-refractivity contribution in [1.82, 2.24) is 4.98 Å². The van der Waals surface area contributed by atoms with Gasteiger partial charge in [0.2, 0.25) is 0 Å². The van der Waals surface area contributed by atoms with Gasteiger partial charge >= 0.3 is 0 Å². The van der Waals surface area contributed by atoms with Crippen LogP contribution in [-0.2, 0) is 0 Å². The lowest BCUT2D eigenvalue weighted by Crippen LogP contribution is -1.98. The smallest absolute Gasteiger partial charge is 0.183 e. The van der Waals surface area contributed by atoms with Crippen molar-refractivity contribution in [3.05, 3.63) is 33.6 Å². The molecule has 5 heteroatoms. The monoisotopic (exact) mass is 286 g/mol. The summed E-state index contributed by atoms with van der Waals surface area (Å²) in [5, 5.41) is 7.26. The molecule has 1 heterocycles. The number of anilines is 1. The van der Waals surface area contributed by atoms with Gasteiger partial charge in [0, 0.05) is 17.5 Å². The van der Waals surface area contributed by atoms with Crippen LogP contribution in [0.15, 0.2) is 23.6 Å². The second kappa shape index (κ2) is 5.71. The van der Waals surface area contributed by atoms with E-state index in [-0.39, 0.29) is 0 Å². The highest BCUT2D eigenvalue weighted by atomic mass is 35.5. The number of nitrogens with one attached hydrogen (secondary N) is 1. The Morgan fingerprint density at radius 1 is 1.35 bits per heavy atom. The van der Waals surface area contributed by atoms with Gasteiger partial charge in [0.15, 0.2) is 5.13 Å². The summed E-state index contributed by atoms with van der Waals surface area (Å²) in [4.78, 5) is 4.48. The fourth-order valence-electron chi connectivity index (χ4n) is 1.41. The zero-order valence-electron chi connectivity index (χ0n) is 9.34. The SMILES string of the molecule is CCCNc1nc(-c2cccc(Cl)c2Cl)cs1. The van der Waals surface area contributed by atoms with Crippen LogP contribution in [0.25, 0.3) is 11.3 Å². The molecule has 0 aliphatic carbocycles. The van der Waals surface area contributed by atoms with Crippen molar-refractivity contribution in [2.45, 2.75) is 13.3 Å². The Hall–Kier alpha value is -0.770. The fourth-order valence-corrected chi connectivity index (χ4v) is 2.55. The van der Waals surface area contributed by atoms with Crippen molar-refractivity contribution in [3.8, 4) is 11.3 Å². The average molecular weight is 287 g/mol. The van der Waals surface area contributed by atoms with Gasteiger partial charge in [-0.25, -0.2) is 4.98 Å². The van der Waals surface area contributed by atoms with Crippen molar-refractivity contribution in [2.24, 2.45) is 0 Å². The van der Waals surface area contributed by atoms with E-state index in [1.165, 1.54) is 0 Å². The maximum absolute atomic E-state index is 6.15. The highest BCUT2D eigenvalue weighted by Crippen LogP contribution is 2.34. The molecule has 0 unspecified atom stereocenters. The van der Waals surface area contributed by atoms with Crippen molar-refractivity contribution in [3.63, 3.8) is 0 Å². The molecule has 0 spiro atoms. The van der Waals surface area contributed by atoms with Crippen LogP contribution in [0.4, 0.5) is 5.13 Å². The van der Waals surface area contributed by atoms with E-state index >= 15 is 0 Å². The molecule has 0 aliphatic heterocycles. The molecule has 0 radical (unpaired) electrons. The number of thiazole rings is 1. The van der Waals surface area contributed by atoms with E-state index in [0.29, 0.717) is 10.0 Å². The number of halogens is 2. The molecule has 17 heavy (non-hydrogen) atoms. The highest BCUT2D eigenvalue weighted by Gasteiger charge is 2.10. The van der Waals surface area contributed by atoms with Gasteiger partial charge in [0.05, 0.1) is 15.7 Å². The Labute approximate surface area is 115 Å². The van der Waals surface area contributed by atoms with E-state index in [2.05, 4.69) is 17.2 Å². The van der Waals surface area contributed by atoms with Crippen molar-refractivity contribution < 1.29 is 0 Å². The topological polar surface area (TPSA) is 24.9 Å². The molecule has 2 nitrogen and oxygen atoms in total. The molecule has 0 atom stereocenters. The number of hydrogen-bond acceptors (Lipinski definition) is 3. The van der Waals surface area contributed by atoms with Gasteiger partial charge in [0.25, 0.3) is 0 Å². The highest BCUT2D eigenvalue weighted by molar-refractivity contribution is 7.14. The summed E-state index contributed by atoms with van der Waals surface area (Å²) in [6, 6.07) is 5.57. The molecular weight excluding hydrogens is 275 g/mol. The Balaban J connectivity index is 2.27. The van der Waals surface area contributed by atoms with Gasteiger partial charge in [-0.05, 0) is 12.5 Å². The van der Waals surface area contributed by atoms with Gasteiger partial charge in [-0.15, -0.1) is 11.3 Å². The van der Waals surface area contributed by atoms with Crippen LogP contribution < -0.4 is 5.32 Å². The molecule has 1 aromatic carbocycles. The third-order valence-corrected chi connectivity index (χ3v) is 3.88. The summed E-state index contributed by atoms with van der Waals surface area (Å²) in [5.41, 5.74) is 1.74. The van der Waals surface area contributed by atoms with E-state index in [9.17, 15) is 0 Å². The van der Waals surface area contributed by atoms with E-state index in [4.69, 9.17) is 23.2 Å². The summed E-state index contributed by atoms with van der Waals surface area (Å²) >= 11 is 13.7. The van der Waals surface area contributed by atoms with E-state index in [1.807, 2.05) is 17.5 Å². The summed E-state index contributed by atoms with van der Waals surface area (Å²) in [6.07, 6.45) is 1.08. The quantitative estimate of drug-likeness (QED) is 0.861. The maximum atomic E-state index is 6.15. The Bertz CT molecular complexity index is 511. The normalized spacial score (nSPS) is 10.5. The Morgan fingerprint density at radius 3 is 2.94 bits per heavy atom. The first kappa shape index (κ1) is 12.7. The zero-order valence-corrected chi connectivity index (χ0v) is 11.7. The van der Waals surface area contributed by atoms with E-state index < -0.39 is 0 Å². The van der Waals surface area contributed by atoms with Gasteiger partial charge < -0.3 is 5.32 Å². The largest absolute Gasteiger partial charge is 0.362 e. The number of rotatable bonds is 4. The molecule has 0 bridgehead atoms. The molecule has 0 amide bonds. The van der Waals surface area contributed by atoms with Crippen LogP contribution >= 0.6 is 34.5 Å². The number of benzene rings is 1. The van der Waals surface area contributed by atoms with Crippen LogP contribution in [0.3, 0.4) is 0 Å². The van der Waals surface area contributed by atoms with Gasteiger partial charge in [-0.1, -0.05) is 42.3 Å². The number of nitrogens with zero attached hydrogens (tertiary/aromatic N) is 1. The zero-order chi connectivity index (χ0) is 12.3. The predicted molar refractivity (Wildman–Crippen MR) is 76.4 cm³/mol. The predicted octanol–water partition coefficient (Wildman–Crippen LogP) is 4.94. The molecule has 0 saturated carbocycles. The summed E-state index contributed by atoms with van der Waals surface area (Å²) in [6.45, 7) is 3.05. The second-order valence-corrected chi connectivity index (χ2v) is 5.21. The van der Waals surface area contributed by atoms with Crippen molar-refractivity contribution >= 4 is 39.7 Å². The molecule has 90 valence electrons. The molecule has 0 aliphatic rings. The van der Waals surface area contributed by atoms with Crippen LogP contribution in [0, 0.1) is 0 Å². The molecule has 0 fully saturated rings. The maximum Gasteiger partial charge on any atom is 0.183 e. The number of hydrogen-bond donors (Lipinski definition) is 1. The Kier molecular flexibility index (Phi) is 4.26. The first-order valence-electron chi connectivity index (χ1n) is 5.36. The first-order chi connectivity index (χ1) is 8.22. The van der Waals surface area contributed by atoms with Gasteiger partial charge in [-0.3, -0.25) is 0 Å². The minimum Gasteiger partial charge on any atom is -0.362 e. The molecule has 1 aromatic heterocycles. The van der Waals surface area contributed by atoms with E-state index in [1.54, 1.807) is 17.4 Å². The van der Waals surface area contributed by atoms with Gasteiger partial charge in [0.1, 0.15) is 0 Å². The molecule has 2 rings (SSSR count). The average Bonchev–Trinajstić information content (AvgIpc) is 2.78. The van der Waals surface area contributed by atoms with Crippen LogP contribution in [-0.4, -0.2) is 11.5 Å². The fraction of sp³-hybridized carbons (Fsp3) is 0.250. The third kappa shape index (κ3) is 2.92. The first-order valence-corrected chi connectivity index (χ1v) is 6.99. The minimum atomic E-state index is 0.556. The van der Waals surface area contributed by atoms with Gasteiger partial charge in [-0.2, -0.15) is 0 Å². The van der Waals surface area contributed by atoms with E-state index in [0.717, 1.165) is 29.4 Å². The third-order valence-electron chi connectivity index (χ3n) is 2.26.